The minimum atomic E-state index is -0.439. The number of carbonyl (C=O) groups is 2. The molecular formula is C62H66FeN6O6. The summed E-state index contributed by atoms with van der Waals surface area (Å²) in [7, 11) is 0. The number of anilines is 2. The van der Waals surface area contributed by atoms with Crippen LogP contribution in [0.1, 0.15) is 122 Å². The summed E-state index contributed by atoms with van der Waals surface area (Å²) in [4.78, 5) is 26.4. The molecule has 2 amide bonds. The van der Waals surface area contributed by atoms with Crippen molar-refractivity contribution >= 4 is 67.5 Å². The summed E-state index contributed by atoms with van der Waals surface area (Å²) in [5, 5.41) is 68.5. The van der Waals surface area contributed by atoms with Crippen molar-refractivity contribution in [2.75, 3.05) is 10.6 Å². The van der Waals surface area contributed by atoms with Crippen molar-refractivity contribution in [3.63, 3.8) is 0 Å². The van der Waals surface area contributed by atoms with Crippen LogP contribution in [0.15, 0.2) is 166 Å². The normalized spacial score (nSPS) is 11.1. The van der Waals surface area contributed by atoms with Gasteiger partial charge in [-0.3, -0.25) is 9.59 Å². The average molecular weight is 1050 g/mol. The van der Waals surface area contributed by atoms with E-state index in [4.69, 9.17) is 0 Å². The Bertz CT molecular complexity index is 3050. The summed E-state index contributed by atoms with van der Waals surface area (Å²) < 4.78 is 0. The fourth-order valence-corrected chi connectivity index (χ4v) is 8.43. The van der Waals surface area contributed by atoms with Gasteiger partial charge in [0.15, 0.2) is 11.5 Å². The zero-order valence-corrected chi connectivity index (χ0v) is 44.2. The molecule has 388 valence electrons. The van der Waals surface area contributed by atoms with E-state index >= 15 is 0 Å². The first-order valence-electron chi connectivity index (χ1n) is 25.8. The van der Waals surface area contributed by atoms with Gasteiger partial charge in [0.1, 0.15) is 34.2 Å². The Morgan fingerprint density at radius 1 is 0.413 bits per heavy atom. The number of phenols is 4. The number of unbranched alkanes of at least 4 members (excludes halogenated alkanes) is 4. The molecule has 0 atom stereocenters. The molecule has 0 aliphatic carbocycles. The van der Waals surface area contributed by atoms with E-state index in [-0.39, 0.29) is 62.6 Å². The summed E-state index contributed by atoms with van der Waals surface area (Å²) in [6, 6.07) is 44.1. The Labute approximate surface area is 450 Å². The SMILES string of the molecule is CCCCc1ccc(NC(=O)c2cc3ccccc3c(N=Nc3cc(CCCC)ccc3O)c2O)cc1.CCCCc1ccc(NC(=O)c2cc3ccccc3c(N=Nc3cc(CCCC)ccc3O)c2O)cc1.[Fe]. The van der Waals surface area contributed by atoms with Gasteiger partial charge >= 0.3 is 0 Å². The van der Waals surface area contributed by atoms with Crippen molar-refractivity contribution in [1.29, 1.82) is 0 Å². The van der Waals surface area contributed by atoms with Gasteiger partial charge < -0.3 is 31.1 Å². The summed E-state index contributed by atoms with van der Waals surface area (Å²) in [5.74, 6) is -1.40. The molecular weight excluding hydrogens is 981 g/mol. The van der Waals surface area contributed by atoms with E-state index in [0.717, 1.165) is 98.9 Å². The maximum Gasteiger partial charge on any atom is 0.259 e. The number of hydrogen-bond acceptors (Lipinski definition) is 10. The van der Waals surface area contributed by atoms with Crippen LogP contribution >= 0.6 is 0 Å². The number of rotatable bonds is 20. The quantitative estimate of drug-likeness (QED) is 0.0325. The predicted octanol–water partition coefficient (Wildman–Crippen LogP) is 17.2. The molecule has 13 heteroatoms. The molecule has 0 radical (unpaired) electrons. The van der Waals surface area contributed by atoms with Crippen molar-refractivity contribution in [1.82, 2.24) is 0 Å². The Hall–Kier alpha value is -7.86. The van der Waals surface area contributed by atoms with Crippen molar-refractivity contribution in [2.24, 2.45) is 20.5 Å². The van der Waals surface area contributed by atoms with Crippen molar-refractivity contribution in [3.05, 3.63) is 179 Å². The van der Waals surface area contributed by atoms with E-state index < -0.39 is 11.8 Å². The molecule has 0 aliphatic rings. The van der Waals surface area contributed by atoms with Crippen LogP contribution in [0.5, 0.6) is 23.0 Å². The molecule has 0 fully saturated rings. The van der Waals surface area contributed by atoms with Crippen molar-refractivity contribution in [3.8, 4) is 23.0 Å². The summed E-state index contributed by atoms with van der Waals surface area (Å²) in [5.41, 5.74) is 7.03. The number of nitrogens with zero attached hydrogens (tertiary/aromatic N) is 4. The van der Waals surface area contributed by atoms with Gasteiger partial charge in [0.05, 0.1) is 11.1 Å². The molecule has 0 aromatic heterocycles. The molecule has 8 aromatic carbocycles. The number of carbonyl (C=O) groups excluding carboxylic acids is 2. The first kappa shape index (κ1) is 56.4. The van der Waals surface area contributed by atoms with E-state index in [1.165, 1.54) is 11.1 Å². The standard InChI is InChI=1S/2C31H33N3O3.Fe/c2*1-3-5-9-21-13-16-24(17-14-21)32-31(37)26-20-23-11-7-8-12-25(23)29(30(26)36)34-33-27-19-22(10-6-4-2)15-18-28(27)35;/h2*7-8,11-20,35-36H,3-6,9-10H2,1-2H3,(H,32,37);. The van der Waals surface area contributed by atoms with Gasteiger partial charge in [-0.15, -0.1) is 20.5 Å². The van der Waals surface area contributed by atoms with Crippen LogP contribution in [-0.4, -0.2) is 32.2 Å². The molecule has 0 unspecified atom stereocenters. The monoisotopic (exact) mass is 1050 g/mol. The largest absolute Gasteiger partial charge is 0.506 e. The first-order valence-corrected chi connectivity index (χ1v) is 25.8. The van der Waals surface area contributed by atoms with Crippen LogP contribution in [0, 0.1) is 0 Å². The molecule has 0 heterocycles. The van der Waals surface area contributed by atoms with E-state index in [2.05, 4.69) is 58.8 Å². The van der Waals surface area contributed by atoms with Crippen LogP contribution in [0.3, 0.4) is 0 Å². The first-order chi connectivity index (χ1) is 36.0. The molecule has 75 heavy (non-hydrogen) atoms. The van der Waals surface area contributed by atoms with E-state index in [1.54, 1.807) is 36.4 Å². The molecule has 0 saturated heterocycles. The van der Waals surface area contributed by atoms with E-state index in [1.807, 2.05) is 109 Å². The van der Waals surface area contributed by atoms with Gasteiger partial charge in [-0.1, -0.05) is 138 Å². The number of aryl methyl sites for hydroxylation is 4. The Morgan fingerprint density at radius 3 is 1.11 bits per heavy atom. The Morgan fingerprint density at radius 2 is 0.747 bits per heavy atom. The minimum absolute atomic E-state index is 0. The predicted molar refractivity (Wildman–Crippen MR) is 299 cm³/mol. The van der Waals surface area contributed by atoms with Gasteiger partial charge in [-0.05, 0) is 145 Å². The van der Waals surface area contributed by atoms with Crippen molar-refractivity contribution in [2.45, 2.75) is 105 Å². The molecule has 0 bridgehead atoms. The van der Waals surface area contributed by atoms with Crippen LogP contribution in [0.2, 0.25) is 0 Å². The zero-order chi connectivity index (χ0) is 52.4. The number of azo groups is 2. The number of phenolic OH excluding ortho intramolecular Hbond substituents is 4. The van der Waals surface area contributed by atoms with Gasteiger partial charge in [0, 0.05) is 39.2 Å². The second-order valence-electron chi connectivity index (χ2n) is 18.4. The van der Waals surface area contributed by atoms with Gasteiger partial charge in [0.2, 0.25) is 0 Å². The number of amides is 2. The number of nitrogens with one attached hydrogen (secondary N) is 2. The molecule has 8 rings (SSSR count). The number of aromatic hydroxyl groups is 4. The summed E-state index contributed by atoms with van der Waals surface area (Å²) in [6.45, 7) is 8.57. The Kier molecular flexibility index (Phi) is 21.1. The van der Waals surface area contributed by atoms with Crippen LogP contribution in [0.4, 0.5) is 34.1 Å². The third kappa shape index (κ3) is 15.1. The van der Waals surface area contributed by atoms with Gasteiger partial charge in [0.25, 0.3) is 11.8 Å². The molecule has 0 saturated carbocycles. The zero-order valence-electron chi connectivity index (χ0n) is 43.1. The molecule has 0 spiro atoms. The fourth-order valence-electron chi connectivity index (χ4n) is 8.43. The second kappa shape index (κ2) is 28.0. The van der Waals surface area contributed by atoms with Gasteiger partial charge in [-0.25, -0.2) is 0 Å². The smallest absolute Gasteiger partial charge is 0.259 e. The second-order valence-corrected chi connectivity index (χ2v) is 18.4. The fraction of sp³-hybridized carbons (Fsp3) is 0.258. The molecule has 6 N–H and O–H groups in total. The molecule has 0 aliphatic heterocycles. The van der Waals surface area contributed by atoms with Crippen LogP contribution < -0.4 is 10.6 Å². The van der Waals surface area contributed by atoms with E-state index in [9.17, 15) is 30.0 Å². The Balaban J connectivity index is 0.000000241. The summed E-state index contributed by atoms with van der Waals surface area (Å²) >= 11 is 0. The van der Waals surface area contributed by atoms with Crippen LogP contribution in [-0.2, 0) is 42.8 Å². The molecule has 12 nitrogen and oxygen atoms in total. The van der Waals surface area contributed by atoms with Crippen molar-refractivity contribution < 1.29 is 47.1 Å². The minimum Gasteiger partial charge on any atom is -0.506 e. The topological polar surface area (TPSA) is 189 Å². The number of fused-ring (bicyclic) bond motifs is 2. The number of benzene rings is 8. The maximum atomic E-state index is 13.2. The van der Waals surface area contributed by atoms with Gasteiger partial charge in [-0.2, -0.15) is 0 Å². The van der Waals surface area contributed by atoms with Crippen LogP contribution in [0.25, 0.3) is 21.5 Å². The third-order valence-corrected chi connectivity index (χ3v) is 12.8. The molecule has 8 aromatic rings. The summed E-state index contributed by atoms with van der Waals surface area (Å²) in [6.07, 6.45) is 12.5. The number of hydrogen-bond donors (Lipinski definition) is 6. The third-order valence-electron chi connectivity index (χ3n) is 12.8. The average Bonchev–Trinajstić information content (AvgIpc) is 3.42. The maximum absolute atomic E-state index is 13.2. The van der Waals surface area contributed by atoms with E-state index in [0.29, 0.717) is 33.5 Å².